The van der Waals surface area contributed by atoms with Gasteiger partial charge in [0, 0.05) is 13.3 Å². The summed E-state index contributed by atoms with van der Waals surface area (Å²) < 4.78 is 46.0. The zero-order chi connectivity index (χ0) is 10.6. The third kappa shape index (κ3) is 2.92. The van der Waals surface area contributed by atoms with Gasteiger partial charge in [-0.1, -0.05) is 5.46 Å². The van der Waals surface area contributed by atoms with Crippen LogP contribution in [0.3, 0.4) is 0 Å². The van der Waals surface area contributed by atoms with Gasteiger partial charge in [-0.2, -0.15) is 0 Å². The van der Waals surface area contributed by atoms with E-state index in [0.717, 1.165) is 12.3 Å². The van der Waals surface area contributed by atoms with Crippen LogP contribution in [0.5, 0.6) is 5.75 Å². The number of aromatic nitrogens is 1. The lowest BCUT2D eigenvalue weighted by Crippen LogP contribution is -2.34. The molecular weight excluding hydrogens is 198 g/mol. The Morgan fingerprint density at radius 1 is 1.36 bits per heavy atom. The summed E-state index contributed by atoms with van der Waals surface area (Å²) in [5.41, 5.74) is -0.779. The van der Waals surface area contributed by atoms with Crippen molar-refractivity contribution in [2.45, 2.75) is 0 Å². The molecule has 1 heterocycles. The van der Waals surface area contributed by atoms with Gasteiger partial charge in [0.1, 0.15) is 5.75 Å². The molecule has 0 aliphatic rings. The van der Waals surface area contributed by atoms with Gasteiger partial charge in [0.15, 0.2) is 6.79 Å². The van der Waals surface area contributed by atoms with Crippen LogP contribution < -0.4 is 10.2 Å². The number of hydrogen-bond donors (Lipinski definition) is 0. The molecule has 0 aliphatic carbocycles. The largest absolute Gasteiger partial charge is 0.511 e. The third-order valence-electron chi connectivity index (χ3n) is 1.46. The van der Waals surface area contributed by atoms with Gasteiger partial charge in [-0.15, -0.1) is 0 Å². The second-order valence-corrected chi connectivity index (χ2v) is 2.58. The monoisotopic (exact) mass is 206 g/mol. The SMILES string of the molecule is COCOc1cncc([B-](F)(F)F)c1. The molecule has 1 rings (SSSR count). The number of nitrogens with zero attached hydrogens (tertiary/aromatic N) is 1. The molecule has 0 atom stereocenters. The van der Waals surface area contributed by atoms with E-state index in [2.05, 4.69) is 9.72 Å². The summed E-state index contributed by atoms with van der Waals surface area (Å²) in [7, 11) is 1.38. The van der Waals surface area contributed by atoms with E-state index in [9.17, 15) is 12.9 Å². The lowest BCUT2D eigenvalue weighted by atomic mass is 9.81. The molecule has 14 heavy (non-hydrogen) atoms. The Balaban J connectivity index is 2.79. The van der Waals surface area contributed by atoms with Gasteiger partial charge in [0.05, 0.1) is 6.20 Å². The minimum Gasteiger partial charge on any atom is -0.466 e. The van der Waals surface area contributed by atoms with Crippen LogP contribution in [0.15, 0.2) is 18.5 Å². The molecule has 0 unspecified atom stereocenters. The number of hydrogen-bond acceptors (Lipinski definition) is 3. The Hall–Kier alpha value is -1.24. The molecule has 0 fully saturated rings. The maximum Gasteiger partial charge on any atom is 0.511 e. The van der Waals surface area contributed by atoms with Crippen LogP contribution >= 0.6 is 0 Å². The van der Waals surface area contributed by atoms with E-state index in [4.69, 9.17) is 4.74 Å². The zero-order valence-electron chi connectivity index (χ0n) is 7.41. The first kappa shape index (κ1) is 10.8. The van der Waals surface area contributed by atoms with Crippen molar-refractivity contribution in [2.75, 3.05) is 13.9 Å². The summed E-state index contributed by atoms with van der Waals surface area (Å²) in [6, 6.07) is 0.895. The predicted molar refractivity (Wildman–Crippen MR) is 45.5 cm³/mol. The Labute approximate surface area is 78.9 Å². The van der Waals surface area contributed by atoms with E-state index in [1.165, 1.54) is 13.3 Å². The Kier molecular flexibility index (Phi) is 3.35. The number of halogens is 3. The van der Waals surface area contributed by atoms with Gasteiger partial charge in [0.25, 0.3) is 0 Å². The third-order valence-corrected chi connectivity index (χ3v) is 1.46. The topological polar surface area (TPSA) is 31.4 Å². The van der Waals surface area contributed by atoms with Crippen LogP contribution in [0, 0.1) is 0 Å². The van der Waals surface area contributed by atoms with Gasteiger partial charge in [0.2, 0.25) is 0 Å². The Morgan fingerprint density at radius 3 is 2.64 bits per heavy atom. The molecule has 0 saturated heterocycles. The molecule has 0 radical (unpaired) electrons. The highest BCUT2D eigenvalue weighted by molar-refractivity contribution is 6.73. The van der Waals surface area contributed by atoms with Crippen molar-refractivity contribution < 1.29 is 22.4 Å². The van der Waals surface area contributed by atoms with E-state index >= 15 is 0 Å². The zero-order valence-corrected chi connectivity index (χ0v) is 7.41. The van der Waals surface area contributed by atoms with Crippen LogP contribution in [-0.2, 0) is 4.74 Å². The lowest BCUT2D eigenvalue weighted by molar-refractivity contribution is 0.0509. The number of methoxy groups -OCH3 is 1. The average Bonchev–Trinajstić information content (AvgIpc) is 2.14. The quantitative estimate of drug-likeness (QED) is 0.546. The summed E-state index contributed by atoms with van der Waals surface area (Å²) in [5, 5.41) is 0. The van der Waals surface area contributed by atoms with Crippen molar-refractivity contribution in [1.29, 1.82) is 0 Å². The molecule has 78 valence electrons. The molecule has 0 N–H and O–H groups in total. The standard InChI is InChI=1S/C7H8BF3NO2/c1-13-5-14-7-2-6(3-12-4-7)8(9,10)11/h2-4H,5H2,1H3/q-1. The molecule has 1 aromatic rings. The van der Waals surface area contributed by atoms with Crippen LogP contribution in [-0.4, -0.2) is 25.9 Å². The van der Waals surface area contributed by atoms with Crippen molar-refractivity contribution in [3.8, 4) is 5.75 Å². The minimum absolute atomic E-state index is 0.0450. The van der Waals surface area contributed by atoms with E-state index in [1.54, 1.807) is 0 Å². The number of pyridine rings is 1. The van der Waals surface area contributed by atoms with Gasteiger partial charge >= 0.3 is 6.98 Å². The highest BCUT2D eigenvalue weighted by Gasteiger charge is 2.26. The van der Waals surface area contributed by atoms with Crippen LogP contribution in [0.4, 0.5) is 12.9 Å². The first-order valence-electron chi connectivity index (χ1n) is 3.80. The fourth-order valence-corrected chi connectivity index (χ4v) is 0.821. The Bertz CT molecular complexity index is 305. The number of ether oxygens (including phenoxy) is 2. The first-order chi connectivity index (χ1) is 6.54. The maximum absolute atomic E-state index is 12.2. The fraction of sp³-hybridized carbons (Fsp3) is 0.286. The van der Waals surface area contributed by atoms with Crippen molar-refractivity contribution in [2.24, 2.45) is 0 Å². The molecule has 0 amide bonds. The van der Waals surface area contributed by atoms with Crippen LogP contribution in [0.2, 0.25) is 0 Å². The molecular formula is C7H8BF3NO2-. The van der Waals surface area contributed by atoms with E-state index < -0.39 is 12.4 Å². The van der Waals surface area contributed by atoms with Gasteiger partial charge in [-0.3, -0.25) is 4.98 Å². The average molecular weight is 206 g/mol. The van der Waals surface area contributed by atoms with Crippen molar-refractivity contribution >= 4 is 12.4 Å². The molecule has 1 aromatic heterocycles. The summed E-state index contributed by atoms with van der Waals surface area (Å²) in [6.07, 6.45) is 1.96. The van der Waals surface area contributed by atoms with Crippen LogP contribution in [0.1, 0.15) is 0 Å². The molecule has 0 aromatic carbocycles. The summed E-state index contributed by atoms with van der Waals surface area (Å²) in [5.74, 6) is 0.0450. The van der Waals surface area contributed by atoms with Gasteiger partial charge in [-0.05, 0) is 6.07 Å². The van der Waals surface area contributed by atoms with E-state index in [1.807, 2.05) is 0 Å². The van der Waals surface area contributed by atoms with E-state index in [0.29, 0.717) is 0 Å². The molecule has 0 aliphatic heterocycles. The van der Waals surface area contributed by atoms with Crippen molar-refractivity contribution in [3.63, 3.8) is 0 Å². The second-order valence-electron chi connectivity index (χ2n) is 2.58. The van der Waals surface area contributed by atoms with E-state index in [-0.39, 0.29) is 12.5 Å². The van der Waals surface area contributed by atoms with Crippen LogP contribution in [0.25, 0.3) is 0 Å². The summed E-state index contributed by atoms with van der Waals surface area (Å²) in [4.78, 5) is 3.42. The maximum atomic E-state index is 12.2. The highest BCUT2D eigenvalue weighted by Crippen LogP contribution is 2.12. The van der Waals surface area contributed by atoms with Crippen molar-refractivity contribution in [3.05, 3.63) is 18.5 Å². The summed E-state index contributed by atoms with van der Waals surface area (Å²) in [6.45, 7) is -5.13. The molecule has 7 heteroatoms. The fourth-order valence-electron chi connectivity index (χ4n) is 0.821. The lowest BCUT2D eigenvalue weighted by Gasteiger charge is -2.14. The number of rotatable bonds is 4. The van der Waals surface area contributed by atoms with Crippen molar-refractivity contribution in [1.82, 2.24) is 4.98 Å². The smallest absolute Gasteiger partial charge is 0.466 e. The first-order valence-corrected chi connectivity index (χ1v) is 3.80. The minimum atomic E-state index is -5.03. The molecule has 0 saturated carbocycles. The summed E-state index contributed by atoms with van der Waals surface area (Å²) >= 11 is 0. The highest BCUT2D eigenvalue weighted by atomic mass is 19.4. The molecule has 0 bridgehead atoms. The van der Waals surface area contributed by atoms with Gasteiger partial charge < -0.3 is 22.4 Å². The molecule has 0 spiro atoms. The normalized spacial score (nSPS) is 11.4. The van der Waals surface area contributed by atoms with Gasteiger partial charge in [-0.25, -0.2) is 0 Å². The predicted octanol–water partition coefficient (Wildman–Crippen LogP) is 1.12. The second kappa shape index (κ2) is 4.32. The Morgan fingerprint density at radius 2 is 2.07 bits per heavy atom. The molecule has 3 nitrogen and oxygen atoms in total.